The van der Waals surface area contributed by atoms with Crippen LogP contribution in [0.4, 0.5) is 5.69 Å². The van der Waals surface area contributed by atoms with Crippen LogP contribution in [0.5, 0.6) is 0 Å². The van der Waals surface area contributed by atoms with Crippen LogP contribution in [0.1, 0.15) is 29.7 Å². The summed E-state index contributed by atoms with van der Waals surface area (Å²) in [5.41, 5.74) is 5.62. The summed E-state index contributed by atoms with van der Waals surface area (Å²) >= 11 is 6.28. The molecule has 30 heavy (non-hydrogen) atoms. The number of benzene rings is 1. The van der Waals surface area contributed by atoms with Gasteiger partial charge in [-0.2, -0.15) is 0 Å². The zero-order valence-electron chi connectivity index (χ0n) is 17.1. The van der Waals surface area contributed by atoms with Gasteiger partial charge in [-0.15, -0.1) is 0 Å². The van der Waals surface area contributed by atoms with Gasteiger partial charge in [0.15, 0.2) is 11.4 Å². The van der Waals surface area contributed by atoms with Gasteiger partial charge in [-0.1, -0.05) is 17.7 Å². The van der Waals surface area contributed by atoms with Crippen molar-refractivity contribution in [1.29, 1.82) is 0 Å². The molecule has 1 aliphatic carbocycles. The molecule has 0 bridgehead atoms. The van der Waals surface area contributed by atoms with Crippen LogP contribution < -0.4 is 4.90 Å². The minimum atomic E-state index is 0.128. The van der Waals surface area contributed by atoms with E-state index in [9.17, 15) is 4.79 Å². The molecule has 1 aromatic carbocycles. The van der Waals surface area contributed by atoms with E-state index >= 15 is 0 Å². The number of aromatic nitrogens is 2. The van der Waals surface area contributed by atoms with Crippen molar-refractivity contribution in [2.45, 2.75) is 19.3 Å². The summed E-state index contributed by atoms with van der Waals surface area (Å²) in [4.78, 5) is 22.4. The van der Waals surface area contributed by atoms with Crippen molar-refractivity contribution >= 4 is 40.4 Å². The highest BCUT2D eigenvalue weighted by Gasteiger charge is 2.21. The Hall–Kier alpha value is -2.63. The van der Waals surface area contributed by atoms with Crippen LogP contribution in [0, 0.1) is 0 Å². The Morgan fingerprint density at radius 1 is 1.07 bits per heavy atom. The molecule has 0 radical (unpaired) electrons. The van der Waals surface area contributed by atoms with Gasteiger partial charge in [0.05, 0.1) is 10.7 Å². The quantitative estimate of drug-likeness (QED) is 0.623. The summed E-state index contributed by atoms with van der Waals surface area (Å²) in [7, 11) is 2.19. The Bertz CT molecular complexity index is 1150. The van der Waals surface area contributed by atoms with Crippen molar-refractivity contribution in [3.05, 3.63) is 64.6 Å². The maximum Gasteiger partial charge on any atom is 0.165 e. The summed E-state index contributed by atoms with van der Waals surface area (Å²) < 4.78 is 1.87. The molecule has 0 amide bonds. The number of hydrogen-bond acceptors (Lipinski definition) is 4. The minimum absolute atomic E-state index is 0.128. The average molecular weight is 421 g/mol. The lowest BCUT2D eigenvalue weighted by Gasteiger charge is -2.24. The number of pyridine rings is 1. The first-order valence-corrected chi connectivity index (χ1v) is 10.9. The zero-order chi connectivity index (χ0) is 20.7. The largest absolute Gasteiger partial charge is 0.370 e. The molecule has 2 aliphatic rings. The van der Waals surface area contributed by atoms with Gasteiger partial charge >= 0.3 is 0 Å². The highest BCUT2D eigenvalue weighted by atomic mass is 35.5. The third-order valence-electron chi connectivity index (χ3n) is 6.14. The molecule has 0 saturated carbocycles. The Morgan fingerprint density at radius 2 is 1.97 bits per heavy atom. The Labute approximate surface area is 181 Å². The van der Waals surface area contributed by atoms with E-state index in [4.69, 9.17) is 11.6 Å². The number of rotatable bonds is 2. The van der Waals surface area contributed by atoms with Gasteiger partial charge < -0.3 is 14.2 Å². The van der Waals surface area contributed by atoms with E-state index in [0.717, 1.165) is 38.2 Å². The molecular formula is C24H25ClN4O. The van der Waals surface area contributed by atoms with Crippen molar-refractivity contribution in [1.82, 2.24) is 14.3 Å². The number of fused-ring (bicyclic) bond motifs is 2. The maximum atomic E-state index is 12.9. The van der Waals surface area contributed by atoms with Crippen LogP contribution in [0.2, 0.25) is 5.02 Å². The molecule has 5 rings (SSSR count). The van der Waals surface area contributed by atoms with E-state index in [-0.39, 0.29) is 5.78 Å². The predicted molar refractivity (Wildman–Crippen MR) is 122 cm³/mol. The summed E-state index contributed by atoms with van der Waals surface area (Å²) in [6.07, 6.45) is 8.21. The van der Waals surface area contributed by atoms with Gasteiger partial charge in [-0.05, 0) is 67.9 Å². The second kappa shape index (κ2) is 7.89. The Balaban J connectivity index is 1.50. The number of carbonyl (C=O) groups is 1. The van der Waals surface area contributed by atoms with Crippen LogP contribution in [-0.4, -0.2) is 53.3 Å². The highest BCUT2D eigenvalue weighted by molar-refractivity contribution is 6.33. The van der Waals surface area contributed by atoms with Crippen LogP contribution in [0.3, 0.4) is 0 Å². The van der Waals surface area contributed by atoms with E-state index in [0.29, 0.717) is 28.4 Å². The number of ketones is 1. The number of halogens is 1. The fourth-order valence-corrected chi connectivity index (χ4v) is 4.61. The van der Waals surface area contributed by atoms with Gasteiger partial charge in [0.2, 0.25) is 0 Å². The summed E-state index contributed by atoms with van der Waals surface area (Å²) in [6.45, 7) is 4.34. The fourth-order valence-electron chi connectivity index (χ4n) is 4.40. The van der Waals surface area contributed by atoms with Crippen molar-refractivity contribution in [3.63, 3.8) is 0 Å². The SMILES string of the molecule is CN1CCCN(c2ccc3c(c2)CCC(=O)C(c2cn4cccc(Cl)c4n2)=C3)CC1. The summed E-state index contributed by atoms with van der Waals surface area (Å²) in [5, 5.41) is 0.582. The van der Waals surface area contributed by atoms with Gasteiger partial charge in [-0.25, -0.2) is 4.98 Å². The lowest BCUT2D eigenvalue weighted by atomic mass is 10.0. The number of imidazole rings is 1. The minimum Gasteiger partial charge on any atom is -0.370 e. The van der Waals surface area contributed by atoms with Crippen molar-refractivity contribution in [3.8, 4) is 0 Å². The predicted octanol–water partition coefficient (Wildman–Crippen LogP) is 4.19. The summed E-state index contributed by atoms with van der Waals surface area (Å²) in [6, 6.07) is 10.3. The smallest absolute Gasteiger partial charge is 0.165 e. The standard InChI is InChI=1S/C24H25ClN4O/c1-27-9-3-11-28(13-12-27)19-7-5-18-15-20(23(30)8-6-17(18)14-19)22-16-29-10-2-4-21(25)24(29)26-22/h2,4-5,7,10,14-16H,3,6,8-9,11-13H2,1H3. The number of carbonyl (C=O) groups excluding carboxylic acids is 1. The van der Waals surface area contributed by atoms with Crippen molar-refractivity contribution in [2.24, 2.45) is 0 Å². The molecule has 154 valence electrons. The molecular weight excluding hydrogens is 396 g/mol. The third-order valence-corrected chi connectivity index (χ3v) is 6.44. The monoisotopic (exact) mass is 420 g/mol. The Kier molecular flexibility index (Phi) is 5.09. The number of likely N-dealkylation sites (N-methyl/N-ethyl adjacent to an activating group) is 1. The molecule has 3 aromatic rings. The van der Waals surface area contributed by atoms with Crippen LogP contribution in [0.25, 0.3) is 17.3 Å². The number of nitrogens with zero attached hydrogens (tertiary/aromatic N) is 4. The summed E-state index contributed by atoms with van der Waals surface area (Å²) in [5.74, 6) is 0.128. The van der Waals surface area contributed by atoms with E-state index in [1.165, 1.54) is 17.7 Å². The first-order chi connectivity index (χ1) is 14.6. The molecule has 1 aliphatic heterocycles. The topological polar surface area (TPSA) is 40.9 Å². The van der Waals surface area contributed by atoms with Gasteiger partial charge in [0.25, 0.3) is 0 Å². The van der Waals surface area contributed by atoms with Crippen LogP contribution in [-0.2, 0) is 11.2 Å². The van der Waals surface area contributed by atoms with Gasteiger partial charge in [-0.3, -0.25) is 4.79 Å². The lowest BCUT2D eigenvalue weighted by molar-refractivity contribution is -0.113. The van der Waals surface area contributed by atoms with E-state index < -0.39 is 0 Å². The van der Waals surface area contributed by atoms with Crippen molar-refractivity contribution in [2.75, 3.05) is 38.1 Å². The number of allylic oxidation sites excluding steroid dienone is 1. The molecule has 0 atom stereocenters. The second-order valence-corrected chi connectivity index (χ2v) is 8.63. The molecule has 0 N–H and O–H groups in total. The normalized spacial score (nSPS) is 18.1. The van der Waals surface area contributed by atoms with Gasteiger partial charge in [0, 0.05) is 49.7 Å². The molecule has 6 heteroatoms. The second-order valence-electron chi connectivity index (χ2n) is 8.22. The average Bonchev–Trinajstić information content (AvgIpc) is 2.96. The van der Waals surface area contributed by atoms with E-state index in [1.54, 1.807) is 0 Å². The number of Topliss-reactive ketones (excluding diaryl/α,β-unsaturated/α-hetero) is 1. The van der Waals surface area contributed by atoms with Crippen LogP contribution in [0.15, 0.2) is 42.7 Å². The molecule has 5 nitrogen and oxygen atoms in total. The first-order valence-electron chi connectivity index (χ1n) is 10.5. The molecule has 1 saturated heterocycles. The lowest BCUT2D eigenvalue weighted by Crippen LogP contribution is -2.28. The highest BCUT2D eigenvalue weighted by Crippen LogP contribution is 2.31. The fraction of sp³-hybridized carbons (Fsp3) is 0.333. The maximum absolute atomic E-state index is 12.9. The van der Waals surface area contributed by atoms with E-state index in [1.807, 2.05) is 35.0 Å². The van der Waals surface area contributed by atoms with Gasteiger partial charge in [0.1, 0.15) is 0 Å². The van der Waals surface area contributed by atoms with Crippen molar-refractivity contribution < 1.29 is 4.79 Å². The third kappa shape index (κ3) is 3.64. The zero-order valence-corrected chi connectivity index (χ0v) is 17.9. The van der Waals surface area contributed by atoms with Crippen LogP contribution >= 0.6 is 11.6 Å². The molecule has 0 unspecified atom stereocenters. The molecule has 3 heterocycles. The number of hydrogen-bond donors (Lipinski definition) is 0. The van der Waals surface area contributed by atoms with E-state index in [2.05, 4.69) is 40.0 Å². The number of aryl methyl sites for hydroxylation is 1. The molecule has 1 fully saturated rings. The molecule has 2 aromatic heterocycles. The molecule has 0 spiro atoms. The number of anilines is 1. The first kappa shape index (κ1) is 19.3. The Morgan fingerprint density at radius 3 is 2.83 bits per heavy atom.